The molecule has 0 aliphatic rings. The number of carbonyl (C=O) groups excluding carboxylic acids is 1. The van der Waals surface area contributed by atoms with Crippen LogP contribution in [0.15, 0.2) is 47.6 Å². The average molecular weight is 364 g/mol. The summed E-state index contributed by atoms with van der Waals surface area (Å²) in [6, 6.07) is 11.5. The summed E-state index contributed by atoms with van der Waals surface area (Å²) in [5, 5.41) is 6.26. The van der Waals surface area contributed by atoms with Crippen LogP contribution in [0.4, 0.5) is 14.5 Å². The van der Waals surface area contributed by atoms with E-state index in [0.717, 1.165) is 5.56 Å². The van der Waals surface area contributed by atoms with Crippen LogP contribution in [-0.4, -0.2) is 32.4 Å². The van der Waals surface area contributed by atoms with Gasteiger partial charge in [0.05, 0.1) is 19.0 Å². The molecule has 0 aromatic heterocycles. The van der Waals surface area contributed by atoms with Gasteiger partial charge in [-0.25, -0.2) is 0 Å². The van der Waals surface area contributed by atoms with Crippen LogP contribution in [0.3, 0.4) is 0 Å². The minimum atomic E-state index is -2.94. The molecule has 26 heavy (non-hydrogen) atoms. The van der Waals surface area contributed by atoms with Crippen molar-refractivity contribution in [2.75, 3.05) is 19.0 Å². The lowest BCUT2D eigenvalue weighted by Crippen LogP contribution is -2.17. The van der Waals surface area contributed by atoms with E-state index in [2.05, 4.69) is 15.2 Å². The zero-order chi connectivity index (χ0) is 18.9. The predicted molar refractivity (Wildman–Crippen MR) is 93.0 cm³/mol. The van der Waals surface area contributed by atoms with Crippen molar-refractivity contribution in [1.29, 1.82) is 0 Å². The average Bonchev–Trinajstić information content (AvgIpc) is 2.60. The fourth-order valence-corrected chi connectivity index (χ4v) is 2.09. The highest BCUT2D eigenvalue weighted by molar-refractivity contribution is 5.93. The summed E-state index contributed by atoms with van der Waals surface area (Å²) in [5.41, 5.74) is 1.77. The molecule has 8 heteroatoms. The molecule has 1 amide bonds. The molecule has 0 atom stereocenters. The molecule has 2 aromatic carbocycles. The first-order chi connectivity index (χ1) is 12.5. The van der Waals surface area contributed by atoms with Crippen LogP contribution in [0.2, 0.25) is 0 Å². The maximum atomic E-state index is 12.3. The largest absolute Gasteiger partial charge is 0.495 e. The number of hydrogen-bond donors (Lipinski definition) is 1. The third kappa shape index (κ3) is 5.73. The zero-order valence-corrected chi connectivity index (χ0v) is 14.2. The van der Waals surface area contributed by atoms with E-state index in [4.69, 9.17) is 9.57 Å². The van der Waals surface area contributed by atoms with E-state index in [9.17, 15) is 13.6 Å². The SMILES string of the molecule is COc1ccc(C)cc1NC(=O)CO/N=C\c1ccccc1OC(F)F. The number of nitrogens with one attached hydrogen (secondary N) is 1. The fourth-order valence-electron chi connectivity index (χ4n) is 2.09. The second-order valence-electron chi connectivity index (χ2n) is 5.18. The standard InChI is InChI=1S/C18H18F2N2O4/c1-12-7-8-16(24-2)14(9-12)22-17(23)11-25-21-10-13-5-3-4-6-15(13)26-18(19)20/h3-10,18H,11H2,1-2H3,(H,22,23)/b21-10-. The van der Waals surface area contributed by atoms with E-state index in [1.807, 2.05) is 13.0 Å². The Labute approximate surface area is 149 Å². The zero-order valence-electron chi connectivity index (χ0n) is 14.2. The van der Waals surface area contributed by atoms with Gasteiger partial charge in [-0.15, -0.1) is 0 Å². The molecule has 0 saturated carbocycles. The van der Waals surface area contributed by atoms with Gasteiger partial charge in [0.15, 0.2) is 6.61 Å². The minimum absolute atomic E-state index is 0.0381. The summed E-state index contributed by atoms with van der Waals surface area (Å²) in [7, 11) is 1.50. The number of alkyl halides is 2. The van der Waals surface area contributed by atoms with Crippen molar-refractivity contribution in [2.45, 2.75) is 13.5 Å². The van der Waals surface area contributed by atoms with Gasteiger partial charge < -0.3 is 19.6 Å². The Kier molecular flexibility index (Phi) is 6.90. The molecule has 0 aliphatic carbocycles. The van der Waals surface area contributed by atoms with Crippen molar-refractivity contribution < 1.29 is 27.9 Å². The molecule has 0 aliphatic heterocycles. The van der Waals surface area contributed by atoms with Gasteiger partial charge in [-0.05, 0) is 36.8 Å². The van der Waals surface area contributed by atoms with E-state index < -0.39 is 12.5 Å². The number of benzene rings is 2. The number of methoxy groups -OCH3 is 1. The van der Waals surface area contributed by atoms with Crippen molar-refractivity contribution in [1.82, 2.24) is 0 Å². The van der Waals surface area contributed by atoms with Gasteiger partial charge in [0.2, 0.25) is 0 Å². The van der Waals surface area contributed by atoms with E-state index >= 15 is 0 Å². The topological polar surface area (TPSA) is 69.2 Å². The third-order valence-electron chi connectivity index (χ3n) is 3.23. The maximum absolute atomic E-state index is 12.3. The lowest BCUT2D eigenvalue weighted by Gasteiger charge is -2.10. The molecule has 1 N–H and O–H groups in total. The number of para-hydroxylation sites is 1. The number of oxime groups is 1. The molecular weight excluding hydrogens is 346 g/mol. The molecule has 0 spiro atoms. The summed E-state index contributed by atoms with van der Waals surface area (Å²) >= 11 is 0. The molecule has 0 bridgehead atoms. The van der Waals surface area contributed by atoms with Crippen LogP contribution in [0, 0.1) is 6.92 Å². The van der Waals surface area contributed by atoms with E-state index in [1.54, 1.807) is 24.3 Å². The van der Waals surface area contributed by atoms with E-state index in [0.29, 0.717) is 17.0 Å². The van der Waals surface area contributed by atoms with Crippen LogP contribution in [0.1, 0.15) is 11.1 Å². The van der Waals surface area contributed by atoms with Crippen LogP contribution >= 0.6 is 0 Å². The third-order valence-corrected chi connectivity index (χ3v) is 3.23. The van der Waals surface area contributed by atoms with Gasteiger partial charge in [-0.3, -0.25) is 4.79 Å². The molecular formula is C18H18F2N2O4. The first kappa shape index (κ1) is 19.2. The summed E-state index contributed by atoms with van der Waals surface area (Å²) in [6.07, 6.45) is 1.19. The lowest BCUT2D eigenvalue weighted by atomic mass is 10.2. The monoisotopic (exact) mass is 364 g/mol. The Hall–Kier alpha value is -3.16. The van der Waals surface area contributed by atoms with Crippen LogP contribution in [-0.2, 0) is 9.63 Å². The highest BCUT2D eigenvalue weighted by atomic mass is 19.3. The normalized spacial score (nSPS) is 10.8. The summed E-state index contributed by atoms with van der Waals surface area (Å²) in [5.74, 6) is 0.0393. The van der Waals surface area contributed by atoms with Crippen molar-refractivity contribution in [3.8, 4) is 11.5 Å². The summed E-state index contributed by atoms with van der Waals surface area (Å²) < 4.78 is 34.2. The first-order valence-electron chi connectivity index (χ1n) is 7.63. The minimum Gasteiger partial charge on any atom is -0.495 e. The highest BCUT2D eigenvalue weighted by Gasteiger charge is 2.09. The second-order valence-corrected chi connectivity index (χ2v) is 5.18. The number of carbonyl (C=O) groups is 1. The quantitative estimate of drug-likeness (QED) is 0.574. The van der Waals surface area contributed by atoms with Gasteiger partial charge in [-0.1, -0.05) is 23.4 Å². The molecule has 0 unspecified atom stereocenters. The lowest BCUT2D eigenvalue weighted by molar-refractivity contribution is -0.120. The molecule has 0 heterocycles. The van der Waals surface area contributed by atoms with Crippen LogP contribution < -0.4 is 14.8 Å². The predicted octanol–water partition coefficient (Wildman–Crippen LogP) is 3.59. The van der Waals surface area contributed by atoms with Crippen molar-refractivity contribution >= 4 is 17.8 Å². The number of aryl methyl sites for hydroxylation is 1. The van der Waals surface area contributed by atoms with Gasteiger partial charge in [0.25, 0.3) is 5.91 Å². The van der Waals surface area contributed by atoms with Crippen molar-refractivity contribution in [3.05, 3.63) is 53.6 Å². The molecule has 0 saturated heterocycles. The Morgan fingerprint density at radius 2 is 2.00 bits per heavy atom. The van der Waals surface area contributed by atoms with E-state index in [-0.39, 0.29) is 12.4 Å². The summed E-state index contributed by atoms with van der Waals surface area (Å²) in [6.45, 7) is -1.42. The molecule has 138 valence electrons. The Morgan fingerprint density at radius 3 is 2.73 bits per heavy atom. The number of anilines is 1. The van der Waals surface area contributed by atoms with Gasteiger partial charge in [0.1, 0.15) is 11.5 Å². The Morgan fingerprint density at radius 1 is 1.23 bits per heavy atom. The molecule has 6 nitrogen and oxygen atoms in total. The summed E-state index contributed by atoms with van der Waals surface area (Å²) in [4.78, 5) is 16.8. The first-order valence-corrected chi connectivity index (χ1v) is 7.63. The van der Waals surface area contributed by atoms with Crippen molar-refractivity contribution in [2.24, 2.45) is 5.16 Å². The van der Waals surface area contributed by atoms with Crippen LogP contribution in [0.5, 0.6) is 11.5 Å². The number of rotatable bonds is 8. The van der Waals surface area contributed by atoms with Crippen LogP contribution in [0.25, 0.3) is 0 Å². The Balaban J connectivity index is 1.91. The number of ether oxygens (including phenoxy) is 2. The van der Waals surface area contributed by atoms with Gasteiger partial charge >= 0.3 is 6.61 Å². The molecule has 0 radical (unpaired) electrons. The van der Waals surface area contributed by atoms with Gasteiger partial charge in [0, 0.05) is 5.56 Å². The molecule has 2 aromatic rings. The molecule has 2 rings (SSSR count). The highest BCUT2D eigenvalue weighted by Crippen LogP contribution is 2.25. The van der Waals surface area contributed by atoms with E-state index in [1.165, 1.54) is 25.5 Å². The fraction of sp³-hybridized carbons (Fsp3) is 0.222. The maximum Gasteiger partial charge on any atom is 0.387 e. The number of halogens is 2. The smallest absolute Gasteiger partial charge is 0.387 e. The number of hydrogen-bond acceptors (Lipinski definition) is 5. The second kappa shape index (κ2) is 9.36. The number of amides is 1. The van der Waals surface area contributed by atoms with Gasteiger partial charge in [-0.2, -0.15) is 8.78 Å². The van der Waals surface area contributed by atoms with Crippen molar-refractivity contribution in [3.63, 3.8) is 0 Å². The Bertz CT molecular complexity index is 782. The number of nitrogens with zero attached hydrogens (tertiary/aromatic N) is 1. The molecule has 0 fully saturated rings.